The topological polar surface area (TPSA) is 12.7 Å². The zero-order valence-electron chi connectivity index (χ0n) is 44.6. The van der Waals surface area contributed by atoms with Crippen molar-refractivity contribution in [3.05, 3.63) is 198 Å². The molecule has 1 aliphatic carbocycles. The van der Waals surface area contributed by atoms with Crippen molar-refractivity contribution in [3.8, 4) is 11.1 Å². The number of para-hydroxylation sites is 1. The highest BCUT2D eigenvalue weighted by molar-refractivity contribution is 7.00. The minimum absolute atomic E-state index is 0.00262. The van der Waals surface area contributed by atoms with E-state index in [4.69, 9.17) is 0 Å². The molecule has 13 rings (SSSR count). The van der Waals surface area contributed by atoms with Crippen LogP contribution in [-0.4, -0.2) is 39.5 Å². The molecule has 8 aromatic carbocycles. The predicted octanol–water partition coefficient (Wildman–Crippen LogP) is 14.2. The number of fused-ring (bicyclic) bond motifs is 12. The number of rotatable bonds is 6. The molecule has 0 N–H and O–H groups in total. The van der Waals surface area contributed by atoms with Crippen LogP contribution in [0.3, 0.4) is 0 Å². The largest absolute Gasteiger partial charge is 0.311 e. The standard InChI is InChI=1S/C67H69BN4Si/c1-43-22-28-50(29-23-43)71-58-39-51(70(48-30-24-45(25-31-48)65(3,4)5)49-32-26-46(27-33-49)66(6,7)8)34-36-56(58)68-57-37-35-55-62(53-20-14-15-21-54(53)67(55)44(2)17-16-38-69-42-61(67)69)64(57)72(47-18-12-11-13-19-47)60-41-52(73(9)10)40-59(71)63(60)68/h11-15,18-37,39-41,44,61,73H,16-17,38,42H2,1-10H3. The van der Waals surface area contributed by atoms with Gasteiger partial charge in [-0.05, 0) is 160 Å². The molecule has 4 aliphatic heterocycles. The molecule has 4 nitrogen and oxygen atoms in total. The molecule has 0 radical (unpaired) electrons. The first-order valence-electron chi connectivity index (χ1n) is 27.2. The van der Waals surface area contributed by atoms with Crippen molar-refractivity contribution in [3.63, 3.8) is 0 Å². The summed E-state index contributed by atoms with van der Waals surface area (Å²) < 4.78 is 0. The molecule has 364 valence electrons. The third-order valence-electron chi connectivity index (χ3n) is 17.6. The third-order valence-corrected chi connectivity index (χ3v) is 19.3. The van der Waals surface area contributed by atoms with Gasteiger partial charge in [-0.25, -0.2) is 0 Å². The molecule has 4 unspecified atom stereocenters. The first-order valence-corrected chi connectivity index (χ1v) is 30.1. The summed E-state index contributed by atoms with van der Waals surface area (Å²) in [6.45, 7) is 26.0. The van der Waals surface area contributed by atoms with Crippen LogP contribution in [-0.2, 0) is 16.2 Å². The molecule has 1 spiro atoms. The summed E-state index contributed by atoms with van der Waals surface area (Å²) in [6.07, 6.45) is 2.50. The zero-order valence-corrected chi connectivity index (χ0v) is 45.7. The maximum absolute atomic E-state index is 2.78. The summed E-state index contributed by atoms with van der Waals surface area (Å²) in [5, 5.41) is 1.48. The summed E-state index contributed by atoms with van der Waals surface area (Å²) in [7, 11) is -1.36. The number of hydrogen-bond donors (Lipinski definition) is 0. The first-order chi connectivity index (χ1) is 35.1. The lowest BCUT2D eigenvalue weighted by atomic mass is 9.33. The van der Waals surface area contributed by atoms with E-state index >= 15 is 0 Å². The summed E-state index contributed by atoms with van der Waals surface area (Å²) in [4.78, 5) is 10.6. The van der Waals surface area contributed by atoms with E-state index in [1.807, 2.05) is 0 Å². The minimum Gasteiger partial charge on any atom is -0.311 e. The lowest BCUT2D eigenvalue weighted by Crippen LogP contribution is -2.62. The highest BCUT2D eigenvalue weighted by Gasteiger charge is 2.61. The molecule has 0 amide bonds. The summed E-state index contributed by atoms with van der Waals surface area (Å²) >= 11 is 0. The average molecular weight is 969 g/mol. The Morgan fingerprint density at radius 3 is 1.82 bits per heavy atom. The van der Waals surface area contributed by atoms with E-state index in [0.717, 1.165) is 17.1 Å². The van der Waals surface area contributed by atoms with Crippen molar-refractivity contribution >= 4 is 88.3 Å². The molecule has 0 saturated carbocycles. The Labute approximate surface area is 437 Å². The van der Waals surface area contributed by atoms with Crippen molar-refractivity contribution in [1.82, 2.24) is 4.90 Å². The van der Waals surface area contributed by atoms with E-state index in [0.29, 0.717) is 12.0 Å². The van der Waals surface area contributed by atoms with Gasteiger partial charge >= 0.3 is 0 Å². The summed E-state index contributed by atoms with van der Waals surface area (Å²) in [6, 6.07) is 67.1. The van der Waals surface area contributed by atoms with Gasteiger partial charge in [0.2, 0.25) is 0 Å². The molecule has 0 aromatic heterocycles. The molecule has 8 aromatic rings. The van der Waals surface area contributed by atoms with Crippen LogP contribution in [0.4, 0.5) is 51.2 Å². The van der Waals surface area contributed by atoms with Crippen LogP contribution in [0.2, 0.25) is 13.1 Å². The van der Waals surface area contributed by atoms with Crippen LogP contribution >= 0.6 is 0 Å². The van der Waals surface area contributed by atoms with Crippen LogP contribution in [0.25, 0.3) is 11.1 Å². The molecule has 5 aliphatic rings. The zero-order chi connectivity index (χ0) is 50.3. The summed E-state index contributed by atoms with van der Waals surface area (Å²) in [5.74, 6) is 0.519. The Hall–Kier alpha value is -6.60. The van der Waals surface area contributed by atoms with E-state index in [2.05, 4.69) is 258 Å². The fourth-order valence-corrected chi connectivity index (χ4v) is 14.8. The fourth-order valence-electron chi connectivity index (χ4n) is 13.8. The monoisotopic (exact) mass is 969 g/mol. The smallest absolute Gasteiger partial charge is 0.252 e. The van der Waals surface area contributed by atoms with Gasteiger partial charge < -0.3 is 14.7 Å². The average Bonchev–Trinajstić information content (AvgIpc) is 4.14. The number of anilines is 9. The van der Waals surface area contributed by atoms with E-state index in [-0.39, 0.29) is 23.0 Å². The van der Waals surface area contributed by atoms with Gasteiger partial charge in [0.1, 0.15) is 0 Å². The molecular weight excluding hydrogens is 900 g/mol. The van der Waals surface area contributed by atoms with Gasteiger partial charge in [0, 0.05) is 74.8 Å². The number of aryl methyl sites for hydroxylation is 1. The highest BCUT2D eigenvalue weighted by Crippen LogP contribution is 2.63. The SMILES string of the molecule is Cc1ccc(N2c3cc(N(c4ccc(C(C)(C)C)cc4)c4ccc(C(C)(C)C)cc4)ccc3B3c4ccc5c(c4N(c4ccccc4)c4cc([SiH](C)C)cc2c43)-c2ccccc2C52C(C)CCCN3CC32)cc1. The van der Waals surface area contributed by atoms with Crippen LogP contribution in [0.5, 0.6) is 0 Å². The minimum atomic E-state index is -1.36. The lowest BCUT2D eigenvalue weighted by molar-refractivity contribution is 0.325. The van der Waals surface area contributed by atoms with Crippen molar-refractivity contribution < 1.29 is 0 Å². The quantitative estimate of drug-likeness (QED) is 0.122. The molecular formula is C67H69BN4Si. The van der Waals surface area contributed by atoms with Crippen molar-refractivity contribution in [2.24, 2.45) is 5.92 Å². The van der Waals surface area contributed by atoms with Crippen molar-refractivity contribution in [2.45, 2.75) is 104 Å². The Kier molecular flexibility index (Phi) is 10.6. The molecule has 6 heteroatoms. The molecule has 2 saturated heterocycles. The van der Waals surface area contributed by atoms with Crippen LogP contribution in [0, 0.1) is 12.8 Å². The third kappa shape index (κ3) is 7.10. The van der Waals surface area contributed by atoms with Gasteiger partial charge in [0.15, 0.2) is 0 Å². The lowest BCUT2D eigenvalue weighted by Gasteiger charge is -2.46. The van der Waals surface area contributed by atoms with Crippen molar-refractivity contribution in [2.75, 3.05) is 27.8 Å². The molecule has 0 bridgehead atoms. The number of nitrogens with zero attached hydrogens (tertiary/aromatic N) is 4. The second kappa shape index (κ2) is 16.7. The molecule has 4 heterocycles. The van der Waals surface area contributed by atoms with Gasteiger partial charge in [-0.2, -0.15) is 0 Å². The van der Waals surface area contributed by atoms with E-state index in [1.165, 1.54) is 121 Å². The summed E-state index contributed by atoms with van der Waals surface area (Å²) in [5.41, 5.74) is 25.0. The van der Waals surface area contributed by atoms with Crippen LogP contribution in [0.1, 0.15) is 89.1 Å². The number of benzene rings is 8. The Morgan fingerprint density at radius 2 is 1.18 bits per heavy atom. The van der Waals surface area contributed by atoms with E-state index in [1.54, 1.807) is 0 Å². The molecule has 73 heavy (non-hydrogen) atoms. The fraction of sp³-hybridized carbons (Fsp3) is 0.284. The Bertz CT molecular complexity index is 3400. The normalized spacial score (nSPS) is 20.2. The van der Waals surface area contributed by atoms with E-state index < -0.39 is 8.80 Å². The first kappa shape index (κ1) is 46.2. The van der Waals surface area contributed by atoms with Gasteiger partial charge in [0.25, 0.3) is 6.71 Å². The highest BCUT2D eigenvalue weighted by atomic mass is 28.3. The van der Waals surface area contributed by atoms with Crippen LogP contribution < -0.4 is 36.3 Å². The van der Waals surface area contributed by atoms with Gasteiger partial charge in [0.05, 0.1) is 8.80 Å². The van der Waals surface area contributed by atoms with Gasteiger partial charge in [-0.3, -0.25) is 4.90 Å². The predicted molar refractivity (Wildman–Crippen MR) is 316 cm³/mol. The van der Waals surface area contributed by atoms with Crippen LogP contribution in [0.15, 0.2) is 170 Å². The van der Waals surface area contributed by atoms with Crippen molar-refractivity contribution in [1.29, 1.82) is 0 Å². The Morgan fingerprint density at radius 1 is 0.589 bits per heavy atom. The second-order valence-electron chi connectivity index (χ2n) is 24.5. The second-order valence-corrected chi connectivity index (χ2v) is 27.4. The molecule has 4 atom stereocenters. The van der Waals surface area contributed by atoms with Gasteiger partial charge in [-0.15, -0.1) is 0 Å². The maximum atomic E-state index is 2.78. The van der Waals surface area contributed by atoms with Gasteiger partial charge in [-0.1, -0.05) is 169 Å². The Balaban J connectivity index is 1.11. The number of hydrogen-bond acceptors (Lipinski definition) is 4. The van der Waals surface area contributed by atoms with E-state index in [9.17, 15) is 0 Å². The maximum Gasteiger partial charge on any atom is 0.252 e. The molecule has 2 fully saturated rings.